The highest BCUT2D eigenvalue weighted by Gasteiger charge is 2.11. The summed E-state index contributed by atoms with van der Waals surface area (Å²) in [7, 11) is 1.62. The topological polar surface area (TPSA) is 85.4 Å². The van der Waals surface area contributed by atoms with Crippen LogP contribution in [0.25, 0.3) is 0 Å². The number of anilines is 1. The molecule has 0 saturated heterocycles. The molecule has 2 rings (SSSR count). The minimum absolute atomic E-state index is 0.0528. The Balaban J connectivity index is 1.87. The molecule has 1 aromatic heterocycles. The fourth-order valence-corrected chi connectivity index (χ4v) is 2.10. The van der Waals surface area contributed by atoms with E-state index >= 15 is 0 Å². The number of nitrogens with zero attached hydrogens (tertiary/aromatic N) is 2. The molecule has 0 radical (unpaired) electrons. The third-order valence-electron chi connectivity index (χ3n) is 3.22. The Hall–Kier alpha value is -2.83. The zero-order valence-corrected chi connectivity index (χ0v) is 15.0. The summed E-state index contributed by atoms with van der Waals surface area (Å²) in [6, 6.07) is 9.08. The first-order valence-corrected chi connectivity index (χ1v) is 8.15. The smallest absolute Gasteiger partial charge is 0.270 e. The standard InChI is InChI=1S/C18H24N4O3/c1-12(2)20-17(23)16-11-13(3)21-18(22-16)19-9-10-25-15-7-5-14(24-4)6-8-15/h5-8,11-12H,9-10H2,1-4H3,(H,20,23)(H,19,21,22). The van der Waals surface area contributed by atoms with E-state index in [-0.39, 0.29) is 11.9 Å². The molecule has 7 nitrogen and oxygen atoms in total. The van der Waals surface area contributed by atoms with E-state index in [9.17, 15) is 4.79 Å². The number of ether oxygens (including phenoxy) is 2. The fourth-order valence-electron chi connectivity index (χ4n) is 2.10. The number of carbonyl (C=O) groups excluding carboxylic acids is 1. The molecule has 1 amide bonds. The highest BCUT2D eigenvalue weighted by Crippen LogP contribution is 2.16. The predicted molar refractivity (Wildman–Crippen MR) is 96.3 cm³/mol. The third kappa shape index (κ3) is 5.95. The Morgan fingerprint density at radius 1 is 1.16 bits per heavy atom. The van der Waals surface area contributed by atoms with Gasteiger partial charge in [-0.05, 0) is 51.1 Å². The van der Waals surface area contributed by atoms with Crippen molar-refractivity contribution in [1.82, 2.24) is 15.3 Å². The average molecular weight is 344 g/mol. The van der Waals surface area contributed by atoms with Gasteiger partial charge < -0.3 is 20.1 Å². The molecule has 0 saturated carbocycles. The average Bonchev–Trinajstić information content (AvgIpc) is 2.58. The van der Waals surface area contributed by atoms with Crippen LogP contribution in [0.4, 0.5) is 5.95 Å². The maximum atomic E-state index is 12.1. The second kappa shape index (κ2) is 8.86. The number of benzene rings is 1. The van der Waals surface area contributed by atoms with Crippen LogP contribution in [-0.2, 0) is 0 Å². The number of aryl methyl sites for hydroxylation is 1. The van der Waals surface area contributed by atoms with E-state index in [1.54, 1.807) is 13.2 Å². The number of carbonyl (C=O) groups is 1. The van der Waals surface area contributed by atoms with Crippen LogP contribution in [0.5, 0.6) is 11.5 Å². The van der Waals surface area contributed by atoms with Crippen molar-refractivity contribution in [2.45, 2.75) is 26.8 Å². The van der Waals surface area contributed by atoms with Gasteiger partial charge in [0.1, 0.15) is 23.8 Å². The highest BCUT2D eigenvalue weighted by atomic mass is 16.5. The Kier molecular flexibility index (Phi) is 6.56. The number of methoxy groups -OCH3 is 1. The maximum Gasteiger partial charge on any atom is 0.270 e. The molecule has 1 heterocycles. The molecule has 0 bridgehead atoms. The lowest BCUT2D eigenvalue weighted by Gasteiger charge is -2.11. The molecule has 0 fully saturated rings. The Bertz CT molecular complexity index is 702. The van der Waals surface area contributed by atoms with Crippen molar-refractivity contribution in [3.63, 3.8) is 0 Å². The van der Waals surface area contributed by atoms with E-state index in [0.29, 0.717) is 24.8 Å². The van der Waals surface area contributed by atoms with Crippen molar-refractivity contribution in [1.29, 1.82) is 0 Å². The summed E-state index contributed by atoms with van der Waals surface area (Å²) in [4.78, 5) is 20.6. The summed E-state index contributed by atoms with van der Waals surface area (Å²) in [5.41, 5.74) is 1.07. The molecule has 0 unspecified atom stereocenters. The number of aromatic nitrogens is 2. The lowest BCUT2D eigenvalue weighted by molar-refractivity contribution is 0.0938. The molecule has 0 aliphatic carbocycles. The Morgan fingerprint density at radius 3 is 2.48 bits per heavy atom. The van der Waals surface area contributed by atoms with E-state index in [4.69, 9.17) is 9.47 Å². The van der Waals surface area contributed by atoms with Gasteiger partial charge in [-0.3, -0.25) is 4.79 Å². The summed E-state index contributed by atoms with van der Waals surface area (Å²) >= 11 is 0. The molecule has 2 N–H and O–H groups in total. The van der Waals surface area contributed by atoms with Crippen molar-refractivity contribution in [2.75, 3.05) is 25.6 Å². The van der Waals surface area contributed by atoms with Crippen LogP contribution in [0, 0.1) is 6.92 Å². The lowest BCUT2D eigenvalue weighted by atomic mass is 10.3. The summed E-state index contributed by atoms with van der Waals surface area (Å²) in [6.45, 7) is 6.59. The molecule has 2 aromatic rings. The van der Waals surface area contributed by atoms with E-state index in [0.717, 1.165) is 17.2 Å². The van der Waals surface area contributed by atoms with Gasteiger partial charge in [-0.2, -0.15) is 0 Å². The molecule has 0 aliphatic rings. The monoisotopic (exact) mass is 344 g/mol. The molecule has 25 heavy (non-hydrogen) atoms. The zero-order chi connectivity index (χ0) is 18.2. The van der Waals surface area contributed by atoms with Gasteiger partial charge in [-0.1, -0.05) is 0 Å². The van der Waals surface area contributed by atoms with E-state index in [1.807, 2.05) is 45.0 Å². The molecule has 0 atom stereocenters. The van der Waals surface area contributed by atoms with Gasteiger partial charge in [-0.25, -0.2) is 9.97 Å². The molecule has 0 spiro atoms. The third-order valence-corrected chi connectivity index (χ3v) is 3.22. The van der Waals surface area contributed by atoms with Crippen LogP contribution >= 0.6 is 0 Å². The van der Waals surface area contributed by atoms with E-state index < -0.39 is 0 Å². The van der Waals surface area contributed by atoms with Crippen molar-refractivity contribution < 1.29 is 14.3 Å². The highest BCUT2D eigenvalue weighted by molar-refractivity contribution is 5.92. The molecule has 0 aliphatic heterocycles. The van der Waals surface area contributed by atoms with Crippen molar-refractivity contribution in [2.24, 2.45) is 0 Å². The van der Waals surface area contributed by atoms with E-state index in [1.165, 1.54) is 0 Å². The molecule has 7 heteroatoms. The van der Waals surface area contributed by atoms with Crippen LogP contribution in [0.15, 0.2) is 30.3 Å². The van der Waals surface area contributed by atoms with Crippen molar-refractivity contribution in [3.8, 4) is 11.5 Å². The van der Waals surface area contributed by atoms with Gasteiger partial charge in [0.15, 0.2) is 0 Å². The second-order valence-electron chi connectivity index (χ2n) is 5.80. The van der Waals surface area contributed by atoms with Gasteiger partial charge >= 0.3 is 0 Å². The first-order valence-electron chi connectivity index (χ1n) is 8.15. The Labute approximate surface area is 147 Å². The zero-order valence-electron chi connectivity index (χ0n) is 15.0. The van der Waals surface area contributed by atoms with Crippen molar-refractivity contribution >= 4 is 11.9 Å². The quantitative estimate of drug-likeness (QED) is 0.716. The summed E-state index contributed by atoms with van der Waals surface area (Å²) in [5, 5.41) is 5.89. The number of nitrogens with one attached hydrogen (secondary N) is 2. The number of amides is 1. The van der Waals surface area contributed by atoms with Crippen LogP contribution in [0.2, 0.25) is 0 Å². The summed E-state index contributed by atoms with van der Waals surface area (Å²) in [5.74, 6) is 1.74. The molecular weight excluding hydrogens is 320 g/mol. The van der Waals surface area contributed by atoms with Gasteiger partial charge in [0, 0.05) is 11.7 Å². The SMILES string of the molecule is COc1ccc(OCCNc2nc(C)cc(C(=O)NC(C)C)n2)cc1. The van der Waals surface area contributed by atoms with Crippen LogP contribution in [-0.4, -0.2) is 42.2 Å². The first kappa shape index (κ1) is 18.5. The number of hydrogen-bond acceptors (Lipinski definition) is 6. The van der Waals surface area contributed by atoms with Gasteiger partial charge in [-0.15, -0.1) is 0 Å². The fraction of sp³-hybridized carbons (Fsp3) is 0.389. The lowest BCUT2D eigenvalue weighted by Crippen LogP contribution is -2.31. The maximum absolute atomic E-state index is 12.1. The van der Waals surface area contributed by atoms with Gasteiger partial charge in [0.2, 0.25) is 5.95 Å². The Morgan fingerprint density at radius 2 is 1.84 bits per heavy atom. The summed E-state index contributed by atoms with van der Waals surface area (Å²) < 4.78 is 10.7. The minimum Gasteiger partial charge on any atom is -0.497 e. The largest absolute Gasteiger partial charge is 0.497 e. The van der Waals surface area contributed by atoms with Crippen LogP contribution in [0.1, 0.15) is 30.0 Å². The van der Waals surface area contributed by atoms with Gasteiger partial charge in [0.05, 0.1) is 13.7 Å². The normalized spacial score (nSPS) is 10.4. The predicted octanol–water partition coefficient (Wildman–Crippen LogP) is 2.42. The van der Waals surface area contributed by atoms with Gasteiger partial charge in [0.25, 0.3) is 5.91 Å². The number of rotatable bonds is 8. The van der Waals surface area contributed by atoms with Crippen LogP contribution in [0.3, 0.4) is 0 Å². The van der Waals surface area contributed by atoms with Crippen molar-refractivity contribution in [3.05, 3.63) is 41.7 Å². The van der Waals surface area contributed by atoms with E-state index in [2.05, 4.69) is 20.6 Å². The second-order valence-corrected chi connectivity index (χ2v) is 5.80. The molecular formula is C18H24N4O3. The minimum atomic E-state index is -0.210. The number of hydrogen-bond donors (Lipinski definition) is 2. The van der Waals surface area contributed by atoms with Crippen LogP contribution < -0.4 is 20.1 Å². The summed E-state index contributed by atoms with van der Waals surface area (Å²) in [6.07, 6.45) is 0. The molecule has 1 aromatic carbocycles. The first-order chi connectivity index (χ1) is 12.0. The molecule has 134 valence electrons.